The van der Waals surface area contributed by atoms with Crippen LogP contribution in [-0.4, -0.2) is 11.8 Å². The van der Waals surface area contributed by atoms with Gasteiger partial charge in [-0.1, -0.05) is 46.3 Å². The van der Waals surface area contributed by atoms with Crippen LogP contribution >= 0.6 is 27.7 Å². The van der Waals surface area contributed by atoms with E-state index in [0.29, 0.717) is 15.7 Å². The van der Waals surface area contributed by atoms with Crippen molar-refractivity contribution in [1.82, 2.24) is 0 Å². The number of thioether (sulfide) groups is 1. The normalized spacial score (nSPS) is 11.5. The summed E-state index contributed by atoms with van der Waals surface area (Å²) in [5.74, 6) is -1.67. The molecule has 4 aromatic rings. The number of hydrogen-bond acceptors (Lipinski definition) is 3. The lowest BCUT2D eigenvalue weighted by atomic mass is 10.1. The van der Waals surface area contributed by atoms with E-state index >= 15 is 0 Å². The number of anilines is 2. The molecule has 8 heteroatoms. The molecular weight excluding hydrogens is 534 g/mol. The third-order valence-electron chi connectivity index (χ3n) is 5.00. The summed E-state index contributed by atoms with van der Waals surface area (Å²) >= 11 is 4.52. The molecule has 0 bridgehead atoms. The van der Waals surface area contributed by atoms with E-state index < -0.39 is 16.9 Å². The fraction of sp³-hybridized carbons (Fsp3) is 0.0370. The summed E-state index contributed by atoms with van der Waals surface area (Å²) < 4.78 is 27.9. The highest BCUT2D eigenvalue weighted by molar-refractivity contribution is 9.10. The van der Waals surface area contributed by atoms with Gasteiger partial charge in [-0.2, -0.15) is 0 Å². The fourth-order valence-corrected chi connectivity index (χ4v) is 4.61. The Morgan fingerprint density at radius 3 is 2.14 bits per heavy atom. The average molecular weight is 553 g/mol. The molecule has 0 aromatic heterocycles. The van der Waals surface area contributed by atoms with Gasteiger partial charge in [-0.3, -0.25) is 9.59 Å². The molecule has 0 radical (unpaired) electrons. The van der Waals surface area contributed by atoms with Crippen molar-refractivity contribution in [3.63, 3.8) is 0 Å². The molecule has 0 saturated carbocycles. The summed E-state index contributed by atoms with van der Waals surface area (Å²) in [6.45, 7) is 0. The maximum Gasteiger partial charge on any atom is 0.255 e. The molecule has 1 atom stereocenters. The average Bonchev–Trinajstić information content (AvgIpc) is 2.86. The van der Waals surface area contributed by atoms with Crippen molar-refractivity contribution in [3.05, 3.63) is 124 Å². The molecule has 1 unspecified atom stereocenters. The Hall–Kier alpha value is -3.49. The van der Waals surface area contributed by atoms with Gasteiger partial charge in [-0.25, -0.2) is 8.78 Å². The van der Waals surface area contributed by atoms with Crippen molar-refractivity contribution in [2.45, 2.75) is 10.1 Å². The van der Waals surface area contributed by atoms with E-state index in [9.17, 15) is 18.4 Å². The minimum atomic E-state index is -0.640. The van der Waals surface area contributed by atoms with Crippen LogP contribution < -0.4 is 10.6 Å². The summed E-state index contributed by atoms with van der Waals surface area (Å²) in [6.07, 6.45) is 0. The number of carbonyl (C=O) groups is 2. The van der Waals surface area contributed by atoms with E-state index in [2.05, 4.69) is 26.6 Å². The van der Waals surface area contributed by atoms with Crippen molar-refractivity contribution >= 4 is 50.9 Å². The molecule has 0 aliphatic rings. The van der Waals surface area contributed by atoms with Gasteiger partial charge < -0.3 is 10.6 Å². The number of carbonyl (C=O) groups excluding carboxylic acids is 2. The zero-order chi connectivity index (χ0) is 24.8. The van der Waals surface area contributed by atoms with Crippen LogP contribution in [0.25, 0.3) is 0 Å². The van der Waals surface area contributed by atoms with E-state index in [0.717, 1.165) is 10.5 Å². The summed E-state index contributed by atoms with van der Waals surface area (Å²) in [5.41, 5.74) is 1.76. The van der Waals surface area contributed by atoms with Gasteiger partial charge in [0, 0.05) is 20.6 Å². The molecule has 2 N–H and O–H groups in total. The Labute approximate surface area is 213 Å². The Kier molecular flexibility index (Phi) is 7.94. The highest BCUT2D eigenvalue weighted by Gasteiger charge is 2.23. The lowest BCUT2D eigenvalue weighted by Crippen LogP contribution is -2.19. The van der Waals surface area contributed by atoms with E-state index in [1.165, 1.54) is 48.2 Å². The van der Waals surface area contributed by atoms with Crippen LogP contribution in [0.2, 0.25) is 0 Å². The van der Waals surface area contributed by atoms with Gasteiger partial charge in [0.05, 0.1) is 5.69 Å². The summed E-state index contributed by atoms with van der Waals surface area (Å²) in [5, 5.41) is 4.80. The first kappa shape index (κ1) is 24.6. The Bertz CT molecular complexity index is 1330. The van der Waals surface area contributed by atoms with Crippen LogP contribution in [-0.2, 0) is 4.79 Å². The van der Waals surface area contributed by atoms with Crippen molar-refractivity contribution in [1.29, 1.82) is 0 Å². The molecule has 0 aliphatic heterocycles. The second kappa shape index (κ2) is 11.3. The van der Waals surface area contributed by atoms with Crippen LogP contribution in [0.5, 0.6) is 0 Å². The first-order valence-electron chi connectivity index (χ1n) is 10.5. The highest BCUT2D eigenvalue weighted by atomic mass is 79.9. The Morgan fingerprint density at radius 1 is 0.800 bits per heavy atom. The number of benzene rings is 4. The molecule has 0 fully saturated rings. The van der Waals surface area contributed by atoms with Gasteiger partial charge in [0.2, 0.25) is 5.91 Å². The van der Waals surface area contributed by atoms with Crippen molar-refractivity contribution in [2.24, 2.45) is 0 Å². The van der Waals surface area contributed by atoms with E-state index in [1.807, 2.05) is 30.3 Å². The number of hydrogen-bond donors (Lipinski definition) is 2. The quantitative estimate of drug-likeness (QED) is 0.234. The molecule has 0 saturated heterocycles. The number of rotatable bonds is 7. The van der Waals surface area contributed by atoms with Crippen LogP contribution in [0.1, 0.15) is 21.2 Å². The molecule has 4 aromatic carbocycles. The minimum Gasteiger partial charge on any atom is -0.322 e. The number of nitrogens with one attached hydrogen (secondary N) is 2. The van der Waals surface area contributed by atoms with Gasteiger partial charge in [-0.05, 0) is 72.3 Å². The summed E-state index contributed by atoms with van der Waals surface area (Å²) in [7, 11) is 0. The standard InChI is InChI=1S/C27H19BrF2N2O2S/c28-19-8-15-24(23(30)16-19)32-27(34)25(17-4-2-1-3-5-17)35-22-13-11-21(12-14-22)31-26(33)18-6-9-20(29)10-7-18/h1-16,25H,(H,31,33)(H,32,34). The molecule has 0 heterocycles. The Morgan fingerprint density at radius 2 is 1.49 bits per heavy atom. The molecule has 2 amide bonds. The maximum absolute atomic E-state index is 14.3. The first-order chi connectivity index (χ1) is 16.9. The van der Waals surface area contributed by atoms with Gasteiger partial charge in [-0.15, -0.1) is 11.8 Å². The predicted molar refractivity (Wildman–Crippen MR) is 139 cm³/mol. The summed E-state index contributed by atoms with van der Waals surface area (Å²) in [6, 6.07) is 25.9. The smallest absolute Gasteiger partial charge is 0.255 e. The summed E-state index contributed by atoms with van der Waals surface area (Å²) in [4.78, 5) is 26.3. The topological polar surface area (TPSA) is 58.2 Å². The van der Waals surface area contributed by atoms with Gasteiger partial charge in [0.1, 0.15) is 16.9 Å². The molecule has 0 aliphatic carbocycles. The van der Waals surface area contributed by atoms with Crippen molar-refractivity contribution < 1.29 is 18.4 Å². The molecule has 4 rings (SSSR count). The largest absolute Gasteiger partial charge is 0.322 e. The molecule has 4 nitrogen and oxygen atoms in total. The minimum absolute atomic E-state index is 0.0959. The SMILES string of the molecule is O=C(Nc1ccc(SC(C(=O)Nc2ccc(Br)cc2F)c2ccccc2)cc1)c1ccc(F)cc1. The zero-order valence-electron chi connectivity index (χ0n) is 18.2. The van der Waals surface area contributed by atoms with Gasteiger partial charge in [0.25, 0.3) is 5.91 Å². The lowest BCUT2D eigenvalue weighted by molar-refractivity contribution is -0.115. The maximum atomic E-state index is 14.3. The zero-order valence-corrected chi connectivity index (χ0v) is 20.6. The second-order valence-corrected chi connectivity index (χ2v) is 9.60. The monoisotopic (exact) mass is 552 g/mol. The van der Waals surface area contributed by atoms with Crippen molar-refractivity contribution in [2.75, 3.05) is 10.6 Å². The number of amides is 2. The van der Waals surface area contributed by atoms with Crippen LogP contribution in [0.4, 0.5) is 20.2 Å². The number of halogens is 3. The van der Waals surface area contributed by atoms with E-state index in [4.69, 9.17) is 0 Å². The lowest BCUT2D eigenvalue weighted by Gasteiger charge is -2.18. The van der Waals surface area contributed by atoms with E-state index in [1.54, 1.807) is 30.3 Å². The fourth-order valence-electron chi connectivity index (χ4n) is 3.25. The second-order valence-electron chi connectivity index (χ2n) is 7.51. The van der Waals surface area contributed by atoms with Crippen LogP contribution in [0, 0.1) is 11.6 Å². The molecule has 35 heavy (non-hydrogen) atoms. The molecule has 0 spiro atoms. The third-order valence-corrected chi connectivity index (χ3v) is 6.76. The predicted octanol–water partition coefficient (Wildman–Crippen LogP) is 7.45. The highest BCUT2D eigenvalue weighted by Crippen LogP contribution is 2.37. The first-order valence-corrected chi connectivity index (χ1v) is 12.2. The van der Waals surface area contributed by atoms with Gasteiger partial charge >= 0.3 is 0 Å². The van der Waals surface area contributed by atoms with Gasteiger partial charge in [0.15, 0.2) is 0 Å². The van der Waals surface area contributed by atoms with E-state index in [-0.39, 0.29) is 17.5 Å². The van der Waals surface area contributed by atoms with Crippen LogP contribution in [0.15, 0.2) is 106 Å². The molecular formula is C27H19BrF2N2O2S. The van der Waals surface area contributed by atoms with Crippen LogP contribution in [0.3, 0.4) is 0 Å². The van der Waals surface area contributed by atoms with Crippen molar-refractivity contribution in [3.8, 4) is 0 Å². The molecule has 176 valence electrons. The Balaban J connectivity index is 1.49. The third kappa shape index (κ3) is 6.55.